The van der Waals surface area contributed by atoms with Gasteiger partial charge in [0.2, 0.25) is 11.8 Å². The monoisotopic (exact) mass is 343 g/mol. The fourth-order valence-electron chi connectivity index (χ4n) is 3.04. The summed E-state index contributed by atoms with van der Waals surface area (Å²) >= 11 is 6.12. The van der Waals surface area contributed by atoms with Crippen molar-refractivity contribution in [2.75, 3.05) is 6.54 Å². The molecule has 1 unspecified atom stereocenters. The van der Waals surface area contributed by atoms with Crippen LogP contribution < -0.4 is 0 Å². The second kappa shape index (κ2) is 6.40. The maximum atomic E-state index is 12.6. The number of halogens is 1. The van der Waals surface area contributed by atoms with Crippen molar-refractivity contribution in [1.82, 2.24) is 15.0 Å². The summed E-state index contributed by atoms with van der Waals surface area (Å²) in [6.07, 6.45) is 7.39. The Labute approximate surface area is 145 Å². The van der Waals surface area contributed by atoms with E-state index in [9.17, 15) is 4.79 Å². The zero-order chi connectivity index (χ0) is 16.5. The lowest BCUT2D eigenvalue weighted by Gasteiger charge is -2.20. The van der Waals surface area contributed by atoms with Crippen LogP contribution in [-0.4, -0.2) is 27.5 Å². The minimum Gasteiger partial charge on any atom is -0.337 e. The molecule has 0 N–H and O–H groups in total. The van der Waals surface area contributed by atoms with Crippen molar-refractivity contribution >= 4 is 23.6 Å². The number of nitrogens with zero attached hydrogens (tertiary/aromatic N) is 3. The van der Waals surface area contributed by atoms with E-state index in [2.05, 4.69) is 10.1 Å². The smallest absolute Gasteiger partial charge is 0.249 e. The van der Waals surface area contributed by atoms with E-state index in [1.165, 1.54) is 0 Å². The van der Waals surface area contributed by atoms with Crippen molar-refractivity contribution in [3.05, 3.63) is 52.6 Å². The molecule has 0 spiro atoms. The lowest BCUT2D eigenvalue weighted by molar-refractivity contribution is -0.127. The van der Waals surface area contributed by atoms with Crippen LogP contribution >= 0.6 is 11.6 Å². The zero-order valence-corrected chi connectivity index (χ0v) is 13.9. The molecule has 1 atom stereocenters. The molecular formula is C18H18ClN3O2. The van der Waals surface area contributed by atoms with Gasteiger partial charge in [0.1, 0.15) is 6.04 Å². The van der Waals surface area contributed by atoms with E-state index in [1.54, 1.807) is 17.1 Å². The van der Waals surface area contributed by atoms with Crippen LogP contribution in [0.5, 0.6) is 0 Å². The highest BCUT2D eigenvalue weighted by Crippen LogP contribution is 2.39. The van der Waals surface area contributed by atoms with Gasteiger partial charge in [-0.15, -0.1) is 0 Å². The van der Waals surface area contributed by atoms with Crippen LogP contribution in [0.15, 0.2) is 34.9 Å². The van der Waals surface area contributed by atoms with E-state index in [0.717, 1.165) is 37.1 Å². The summed E-state index contributed by atoms with van der Waals surface area (Å²) in [6.45, 7) is 0.706. The Morgan fingerprint density at radius 2 is 2.12 bits per heavy atom. The van der Waals surface area contributed by atoms with Crippen LogP contribution in [0.4, 0.5) is 0 Å². The maximum absolute atomic E-state index is 12.6. The molecule has 1 saturated carbocycles. The lowest BCUT2D eigenvalue weighted by Crippen LogP contribution is -2.29. The summed E-state index contributed by atoms with van der Waals surface area (Å²) < 4.78 is 5.41. The molecule has 4 rings (SSSR count). The standard InChI is InChI=1S/C18H18ClN3O2/c19-14-5-2-1-4-12(14)9-10-16(23)22-11-3-6-15(22)18-20-17(21-24-18)13-7-8-13/h1-2,4-5,9-10,13,15H,3,6-8,11H2/b10-9+. The van der Waals surface area contributed by atoms with Crippen molar-refractivity contribution in [1.29, 1.82) is 0 Å². The third-order valence-electron chi connectivity index (χ3n) is 4.53. The molecule has 2 aromatic rings. The second-order valence-electron chi connectivity index (χ2n) is 6.31. The highest BCUT2D eigenvalue weighted by Gasteiger charge is 2.35. The third-order valence-corrected chi connectivity index (χ3v) is 4.88. The number of benzene rings is 1. The SMILES string of the molecule is O=C(/C=C/c1ccccc1Cl)N1CCCC1c1nc(C2CC2)no1. The van der Waals surface area contributed by atoms with Crippen LogP contribution in [0.2, 0.25) is 5.02 Å². The van der Waals surface area contributed by atoms with Crippen molar-refractivity contribution in [2.24, 2.45) is 0 Å². The Bertz CT molecular complexity index is 782. The van der Waals surface area contributed by atoms with Gasteiger partial charge in [0.15, 0.2) is 5.82 Å². The molecule has 24 heavy (non-hydrogen) atoms. The van der Waals surface area contributed by atoms with Gasteiger partial charge in [-0.3, -0.25) is 4.79 Å². The quantitative estimate of drug-likeness (QED) is 0.788. The zero-order valence-electron chi connectivity index (χ0n) is 13.2. The van der Waals surface area contributed by atoms with Gasteiger partial charge in [0, 0.05) is 23.6 Å². The predicted octanol–water partition coefficient (Wildman–Crippen LogP) is 3.98. The second-order valence-corrected chi connectivity index (χ2v) is 6.72. The van der Waals surface area contributed by atoms with Crippen molar-refractivity contribution in [2.45, 2.75) is 37.6 Å². The van der Waals surface area contributed by atoms with Crippen LogP contribution in [0.3, 0.4) is 0 Å². The molecule has 1 aromatic carbocycles. The van der Waals surface area contributed by atoms with Gasteiger partial charge < -0.3 is 9.42 Å². The molecule has 2 fully saturated rings. The van der Waals surface area contributed by atoms with Crippen LogP contribution in [0, 0.1) is 0 Å². The van der Waals surface area contributed by atoms with Gasteiger partial charge in [0.25, 0.3) is 0 Å². The first kappa shape index (κ1) is 15.4. The first-order valence-electron chi connectivity index (χ1n) is 8.29. The minimum absolute atomic E-state index is 0.0522. The molecule has 1 saturated heterocycles. The highest BCUT2D eigenvalue weighted by molar-refractivity contribution is 6.32. The number of carbonyl (C=O) groups excluding carboxylic acids is 1. The molecule has 1 aliphatic heterocycles. The molecule has 5 nitrogen and oxygen atoms in total. The summed E-state index contributed by atoms with van der Waals surface area (Å²) in [5.74, 6) is 1.75. The van der Waals surface area contributed by atoms with E-state index in [4.69, 9.17) is 16.1 Å². The highest BCUT2D eigenvalue weighted by atomic mass is 35.5. The number of rotatable bonds is 4. The van der Waals surface area contributed by atoms with E-state index >= 15 is 0 Å². The van der Waals surface area contributed by atoms with Gasteiger partial charge in [-0.25, -0.2) is 0 Å². The Kier molecular flexibility index (Phi) is 4.10. The average molecular weight is 344 g/mol. The summed E-state index contributed by atoms with van der Waals surface area (Å²) in [6, 6.07) is 7.33. The molecule has 2 heterocycles. The first-order chi connectivity index (χ1) is 11.7. The van der Waals surface area contributed by atoms with Gasteiger partial charge in [-0.2, -0.15) is 4.98 Å². The molecule has 124 valence electrons. The van der Waals surface area contributed by atoms with Crippen LogP contribution in [0.25, 0.3) is 6.08 Å². The molecule has 1 amide bonds. The first-order valence-corrected chi connectivity index (χ1v) is 8.67. The van der Waals surface area contributed by atoms with Gasteiger partial charge >= 0.3 is 0 Å². The van der Waals surface area contributed by atoms with E-state index in [0.29, 0.717) is 23.4 Å². The summed E-state index contributed by atoms with van der Waals surface area (Å²) in [5, 5.41) is 4.69. The lowest BCUT2D eigenvalue weighted by atomic mass is 10.2. The summed E-state index contributed by atoms with van der Waals surface area (Å²) in [5.41, 5.74) is 0.831. The fourth-order valence-corrected chi connectivity index (χ4v) is 3.24. The molecule has 0 bridgehead atoms. The van der Waals surface area contributed by atoms with Gasteiger partial charge in [0.05, 0.1) is 0 Å². The maximum Gasteiger partial charge on any atom is 0.249 e. The molecule has 1 aliphatic carbocycles. The molecular weight excluding hydrogens is 326 g/mol. The normalized spacial score (nSPS) is 20.9. The largest absolute Gasteiger partial charge is 0.337 e. The Morgan fingerprint density at radius 3 is 2.92 bits per heavy atom. The van der Waals surface area contributed by atoms with E-state index in [-0.39, 0.29) is 11.9 Å². The fraction of sp³-hybridized carbons (Fsp3) is 0.389. The molecule has 0 radical (unpaired) electrons. The van der Waals surface area contributed by atoms with Crippen molar-refractivity contribution in [3.63, 3.8) is 0 Å². The number of aromatic nitrogens is 2. The molecule has 6 heteroatoms. The van der Waals surface area contributed by atoms with E-state index < -0.39 is 0 Å². The van der Waals surface area contributed by atoms with Crippen LogP contribution in [-0.2, 0) is 4.79 Å². The Balaban J connectivity index is 1.49. The number of carbonyl (C=O) groups is 1. The predicted molar refractivity (Wildman–Crippen MR) is 90.4 cm³/mol. The Hall–Kier alpha value is -2.14. The van der Waals surface area contributed by atoms with Gasteiger partial charge in [-0.05, 0) is 43.4 Å². The third kappa shape index (κ3) is 3.08. The van der Waals surface area contributed by atoms with E-state index in [1.807, 2.05) is 24.3 Å². The Morgan fingerprint density at radius 1 is 1.29 bits per heavy atom. The molecule has 1 aromatic heterocycles. The number of hydrogen-bond acceptors (Lipinski definition) is 4. The average Bonchev–Trinajstić information content (AvgIpc) is 3.12. The number of likely N-dealkylation sites (tertiary alicyclic amines) is 1. The van der Waals surface area contributed by atoms with Gasteiger partial charge in [-0.1, -0.05) is 35.0 Å². The van der Waals surface area contributed by atoms with Crippen molar-refractivity contribution < 1.29 is 9.32 Å². The summed E-state index contributed by atoms with van der Waals surface area (Å²) in [7, 11) is 0. The number of hydrogen-bond donors (Lipinski definition) is 0. The topological polar surface area (TPSA) is 59.2 Å². The number of amides is 1. The minimum atomic E-state index is -0.117. The van der Waals surface area contributed by atoms with Crippen LogP contribution in [0.1, 0.15) is 54.9 Å². The summed E-state index contributed by atoms with van der Waals surface area (Å²) in [4.78, 5) is 18.9. The molecule has 2 aliphatic rings. The van der Waals surface area contributed by atoms with Crippen molar-refractivity contribution in [3.8, 4) is 0 Å².